The van der Waals surface area contributed by atoms with Gasteiger partial charge in [0, 0.05) is 32.7 Å². The van der Waals surface area contributed by atoms with Crippen molar-refractivity contribution in [2.75, 3.05) is 45.8 Å². The van der Waals surface area contributed by atoms with Crippen molar-refractivity contribution in [2.24, 2.45) is 5.92 Å². The molecule has 0 aliphatic carbocycles. The van der Waals surface area contributed by atoms with E-state index in [0.717, 1.165) is 51.7 Å². The molecular formula is C22H35N3O3S. The number of aryl methyl sites for hydroxylation is 1. The first-order valence-electron chi connectivity index (χ1n) is 11.0. The Bertz CT molecular complexity index is 771. The van der Waals surface area contributed by atoms with Crippen LogP contribution in [0.15, 0.2) is 29.2 Å². The highest BCUT2D eigenvalue weighted by molar-refractivity contribution is 7.89. The number of sulfonamides is 1. The van der Waals surface area contributed by atoms with E-state index in [2.05, 4.69) is 18.7 Å². The van der Waals surface area contributed by atoms with Crippen molar-refractivity contribution in [3.05, 3.63) is 29.8 Å². The van der Waals surface area contributed by atoms with Crippen LogP contribution in [-0.4, -0.2) is 74.2 Å². The molecule has 1 aromatic rings. The molecular weight excluding hydrogens is 386 g/mol. The van der Waals surface area contributed by atoms with Crippen LogP contribution in [0.4, 0.5) is 0 Å². The number of likely N-dealkylation sites (tertiary alicyclic amines) is 1. The Morgan fingerprint density at radius 2 is 1.62 bits per heavy atom. The molecule has 0 atom stereocenters. The van der Waals surface area contributed by atoms with E-state index >= 15 is 0 Å². The Hall–Kier alpha value is -1.44. The fourth-order valence-electron chi connectivity index (χ4n) is 4.04. The zero-order chi connectivity index (χ0) is 20.9. The fourth-order valence-corrected chi connectivity index (χ4v) is 5.51. The molecule has 7 heteroatoms. The first-order chi connectivity index (χ1) is 13.9. The van der Waals surface area contributed by atoms with Crippen molar-refractivity contribution in [3.63, 3.8) is 0 Å². The molecule has 2 fully saturated rings. The van der Waals surface area contributed by atoms with Gasteiger partial charge < -0.3 is 4.90 Å². The van der Waals surface area contributed by atoms with E-state index in [1.54, 1.807) is 16.4 Å². The Morgan fingerprint density at radius 3 is 2.28 bits per heavy atom. The lowest BCUT2D eigenvalue weighted by Gasteiger charge is -2.23. The molecule has 0 unspecified atom stereocenters. The number of carbonyl (C=O) groups excluding carboxylic acids is 1. The second-order valence-corrected chi connectivity index (χ2v) is 10.6. The van der Waals surface area contributed by atoms with Gasteiger partial charge in [-0.25, -0.2) is 8.42 Å². The second-order valence-electron chi connectivity index (χ2n) is 8.70. The summed E-state index contributed by atoms with van der Waals surface area (Å²) in [7, 11) is -3.49. The minimum Gasteiger partial charge on any atom is -0.342 e. The molecule has 0 radical (unpaired) electrons. The first kappa shape index (κ1) is 22.2. The average molecular weight is 422 g/mol. The Morgan fingerprint density at radius 1 is 0.931 bits per heavy atom. The van der Waals surface area contributed by atoms with Gasteiger partial charge in [0.05, 0.1) is 11.4 Å². The molecule has 162 valence electrons. The summed E-state index contributed by atoms with van der Waals surface area (Å²) < 4.78 is 27.8. The van der Waals surface area contributed by atoms with Crippen LogP contribution in [0.5, 0.6) is 0 Å². The van der Waals surface area contributed by atoms with Crippen LogP contribution in [-0.2, 0) is 21.2 Å². The zero-order valence-electron chi connectivity index (χ0n) is 17.8. The highest BCUT2D eigenvalue weighted by Crippen LogP contribution is 2.20. The number of benzene rings is 1. The van der Waals surface area contributed by atoms with Gasteiger partial charge in [0.2, 0.25) is 15.9 Å². The van der Waals surface area contributed by atoms with Gasteiger partial charge in [-0.1, -0.05) is 26.0 Å². The van der Waals surface area contributed by atoms with Crippen molar-refractivity contribution in [1.29, 1.82) is 0 Å². The predicted octanol–water partition coefficient (Wildman–Crippen LogP) is 2.59. The molecule has 0 N–H and O–H groups in total. The van der Waals surface area contributed by atoms with Gasteiger partial charge in [0.25, 0.3) is 0 Å². The van der Waals surface area contributed by atoms with Gasteiger partial charge in [0.1, 0.15) is 0 Å². The van der Waals surface area contributed by atoms with E-state index in [9.17, 15) is 13.2 Å². The summed E-state index contributed by atoms with van der Waals surface area (Å²) in [6.07, 6.45) is 5.01. The maximum atomic E-state index is 13.1. The van der Waals surface area contributed by atoms with Crippen LogP contribution < -0.4 is 0 Å². The predicted molar refractivity (Wildman–Crippen MR) is 115 cm³/mol. The van der Waals surface area contributed by atoms with Gasteiger partial charge in [-0.3, -0.25) is 9.69 Å². The molecule has 0 aromatic heterocycles. The SMILES string of the molecule is CC(C)CCc1ccc(S(=O)(=O)N2CCCN(CC(=O)N3CCCC3)CC2)cc1. The third kappa shape index (κ3) is 6.03. The number of rotatable bonds is 7. The summed E-state index contributed by atoms with van der Waals surface area (Å²) in [5, 5.41) is 0. The minimum absolute atomic E-state index is 0.177. The summed E-state index contributed by atoms with van der Waals surface area (Å²) in [5.74, 6) is 0.812. The largest absolute Gasteiger partial charge is 0.342 e. The van der Waals surface area contributed by atoms with Crippen LogP contribution in [0, 0.1) is 5.92 Å². The fraction of sp³-hybridized carbons (Fsp3) is 0.682. The molecule has 0 spiro atoms. The zero-order valence-corrected chi connectivity index (χ0v) is 18.7. The summed E-state index contributed by atoms with van der Waals surface area (Å²) in [5.41, 5.74) is 1.18. The van der Waals surface area contributed by atoms with E-state index in [-0.39, 0.29) is 5.91 Å². The minimum atomic E-state index is -3.49. The van der Waals surface area contributed by atoms with Gasteiger partial charge in [-0.05, 0) is 62.3 Å². The van der Waals surface area contributed by atoms with Gasteiger partial charge >= 0.3 is 0 Å². The third-order valence-corrected chi connectivity index (χ3v) is 7.85. The van der Waals surface area contributed by atoms with Crippen molar-refractivity contribution in [3.8, 4) is 0 Å². The van der Waals surface area contributed by atoms with Crippen molar-refractivity contribution < 1.29 is 13.2 Å². The average Bonchev–Trinajstić information content (AvgIpc) is 3.14. The van der Waals surface area contributed by atoms with Crippen molar-refractivity contribution in [2.45, 2.75) is 50.8 Å². The molecule has 2 aliphatic rings. The van der Waals surface area contributed by atoms with E-state index < -0.39 is 10.0 Å². The summed E-state index contributed by atoms with van der Waals surface area (Å²) in [6, 6.07) is 7.36. The number of nitrogens with zero attached hydrogens (tertiary/aromatic N) is 3. The Balaban J connectivity index is 1.57. The van der Waals surface area contributed by atoms with E-state index in [4.69, 9.17) is 0 Å². The van der Waals surface area contributed by atoms with Crippen LogP contribution in [0.25, 0.3) is 0 Å². The number of hydrogen-bond donors (Lipinski definition) is 0. The maximum absolute atomic E-state index is 13.1. The van der Waals surface area contributed by atoms with Crippen LogP contribution in [0.1, 0.15) is 45.1 Å². The topological polar surface area (TPSA) is 60.9 Å². The maximum Gasteiger partial charge on any atom is 0.243 e. The molecule has 2 saturated heterocycles. The smallest absolute Gasteiger partial charge is 0.243 e. The van der Waals surface area contributed by atoms with Crippen LogP contribution >= 0.6 is 0 Å². The monoisotopic (exact) mass is 421 g/mol. The Labute approximate surface area is 175 Å². The molecule has 0 saturated carbocycles. The quantitative estimate of drug-likeness (QED) is 0.679. The van der Waals surface area contributed by atoms with Crippen molar-refractivity contribution in [1.82, 2.24) is 14.1 Å². The highest BCUT2D eigenvalue weighted by atomic mass is 32.2. The van der Waals surface area contributed by atoms with Gasteiger partial charge in [0.15, 0.2) is 0 Å². The molecule has 2 heterocycles. The molecule has 29 heavy (non-hydrogen) atoms. The van der Waals surface area contributed by atoms with E-state index in [1.807, 2.05) is 17.0 Å². The first-order valence-corrected chi connectivity index (χ1v) is 12.4. The lowest BCUT2D eigenvalue weighted by molar-refractivity contribution is -0.131. The molecule has 3 rings (SSSR count). The van der Waals surface area contributed by atoms with Gasteiger partial charge in [-0.15, -0.1) is 0 Å². The highest BCUT2D eigenvalue weighted by Gasteiger charge is 2.28. The number of hydrogen-bond acceptors (Lipinski definition) is 4. The third-order valence-electron chi connectivity index (χ3n) is 5.94. The standard InChI is InChI=1S/C22H35N3O3S/c1-19(2)6-7-20-8-10-21(11-9-20)29(27,28)25-15-5-12-23(16-17-25)18-22(26)24-13-3-4-14-24/h8-11,19H,3-7,12-18H2,1-2H3. The lowest BCUT2D eigenvalue weighted by Crippen LogP contribution is -2.41. The van der Waals surface area contributed by atoms with Crippen LogP contribution in [0.2, 0.25) is 0 Å². The van der Waals surface area contributed by atoms with Gasteiger partial charge in [-0.2, -0.15) is 4.31 Å². The molecule has 1 aromatic carbocycles. The summed E-state index contributed by atoms with van der Waals surface area (Å²) in [6.45, 7) is 8.82. The second kappa shape index (κ2) is 10.0. The molecule has 1 amide bonds. The van der Waals surface area contributed by atoms with E-state index in [1.165, 1.54) is 5.56 Å². The molecule has 6 nitrogen and oxygen atoms in total. The summed E-state index contributed by atoms with van der Waals surface area (Å²) >= 11 is 0. The summed E-state index contributed by atoms with van der Waals surface area (Å²) in [4.78, 5) is 16.8. The van der Waals surface area contributed by atoms with Crippen LogP contribution in [0.3, 0.4) is 0 Å². The normalized spacial score (nSPS) is 19.6. The molecule has 0 bridgehead atoms. The Kier molecular flexibility index (Phi) is 7.71. The molecule has 2 aliphatic heterocycles. The lowest BCUT2D eigenvalue weighted by atomic mass is 10.0. The van der Waals surface area contributed by atoms with E-state index in [0.29, 0.717) is 37.0 Å². The number of carbonyl (C=O) groups is 1. The van der Waals surface area contributed by atoms with Crippen molar-refractivity contribution >= 4 is 15.9 Å². The number of amides is 1.